The highest BCUT2D eigenvalue weighted by Gasteiger charge is 2.04. The molecule has 3 aromatic rings. The van der Waals surface area contributed by atoms with Crippen LogP contribution >= 0.6 is 0 Å². The van der Waals surface area contributed by atoms with Crippen LogP contribution in [-0.2, 0) is 4.74 Å². The summed E-state index contributed by atoms with van der Waals surface area (Å²) < 4.78 is 10.8. The van der Waals surface area contributed by atoms with E-state index in [9.17, 15) is 0 Å². The Bertz CT molecular complexity index is 823. The number of nitrogens with one attached hydrogen (secondary N) is 2. The minimum absolute atomic E-state index is 0.543. The van der Waals surface area contributed by atoms with Gasteiger partial charge in [-0.05, 0) is 43.3 Å². The third kappa shape index (κ3) is 5.19. The average molecular weight is 350 g/mol. The van der Waals surface area contributed by atoms with Crippen LogP contribution in [0.1, 0.15) is 5.69 Å². The molecule has 0 spiro atoms. The van der Waals surface area contributed by atoms with Gasteiger partial charge >= 0.3 is 0 Å². The van der Waals surface area contributed by atoms with E-state index in [1.807, 2.05) is 67.6 Å². The molecular formula is C20H22N4O2. The molecule has 1 aromatic heterocycles. The Labute approximate surface area is 153 Å². The fraction of sp³-hybridized carbons (Fsp3) is 0.200. The summed E-state index contributed by atoms with van der Waals surface area (Å²) in [7, 11) is 1.67. The van der Waals surface area contributed by atoms with Crippen LogP contribution in [0.5, 0.6) is 11.5 Å². The first-order valence-corrected chi connectivity index (χ1v) is 8.41. The van der Waals surface area contributed by atoms with Crippen LogP contribution in [0.3, 0.4) is 0 Å². The number of aromatic nitrogens is 2. The zero-order valence-corrected chi connectivity index (χ0v) is 14.9. The van der Waals surface area contributed by atoms with Crippen molar-refractivity contribution in [1.29, 1.82) is 0 Å². The van der Waals surface area contributed by atoms with Gasteiger partial charge in [-0.15, -0.1) is 0 Å². The van der Waals surface area contributed by atoms with Gasteiger partial charge in [-0.2, -0.15) is 4.98 Å². The van der Waals surface area contributed by atoms with Crippen LogP contribution < -0.4 is 15.4 Å². The van der Waals surface area contributed by atoms with Gasteiger partial charge in [0.2, 0.25) is 5.95 Å². The monoisotopic (exact) mass is 350 g/mol. The number of aryl methyl sites for hydroxylation is 1. The van der Waals surface area contributed by atoms with Gasteiger partial charge in [-0.3, -0.25) is 0 Å². The van der Waals surface area contributed by atoms with Crippen LogP contribution in [0, 0.1) is 6.92 Å². The number of ether oxygens (including phenoxy) is 2. The maximum absolute atomic E-state index is 5.80. The van der Waals surface area contributed by atoms with Crippen molar-refractivity contribution in [2.45, 2.75) is 6.92 Å². The van der Waals surface area contributed by atoms with Crippen LogP contribution in [0.25, 0.3) is 0 Å². The first-order chi connectivity index (χ1) is 12.7. The van der Waals surface area contributed by atoms with Crippen molar-refractivity contribution in [1.82, 2.24) is 9.97 Å². The van der Waals surface area contributed by atoms with E-state index in [0.29, 0.717) is 19.1 Å². The van der Waals surface area contributed by atoms with Crippen LogP contribution in [0.15, 0.2) is 60.7 Å². The molecule has 6 nitrogen and oxygen atoms in total. The Morgan fingerprint density at radius 1 is 0.923 bits per heavy atom. The molecule has 0 fully saturated rings. The zero-order valence-electron chi connectivity index (χ0n) is 14.9. The highest BCUT2D eigenvalue weighted by atomic mass is 16.5. The van der Waals surface area contributed by atoms with E-state index in [-0.39, 0.29) is 0 Å². The van der Waals surface area contributed by atoms with E-state index in [4.69, 9.17) is 9.47 Å². The molecule has 0 amide bonds. The molecular weight excluding hydrogens is 328 g/mol. The summed E-state index contributed by atoms with van der Waals surface area (Å²) >= 11 is 0. The number of para-hydroxylation sites is 1. The molecule has 1 heterocycles. The molecule has 0 aliphatic heterocycles. The smallest absolute Gasteiger partial charge is 0.229 e. The van der Waals surface area contributed by atoms with Crippen LogP contribution in [0.2, 0.25) is 0 Å². The maximum Gasteiger partial charge on any atom is 0.229 e. The van der Waals surface area contributed by atoms with Gasteiger partial charge in [0.25, 0.3) is 0 Å². The molecule has 0 aliphatic rings. The summed E-state index contributed by atoms with van der Waals surface area (Å²) in [6.07, 6.45) is 0. The predicted molar refractivity (Wildman–Crippen MR) is 103 cm³/mol. The normalized spacial score (nSPS) is 10.4. The van der Waals surface area contributed by atoms with E-state index in [2.05, 4.69) is 20.6 Å². The predicted octanol–water partition coefficient (Wildman–Crippen LogP) is 4.38. The molecule has 0 saturated carbocycles. The lowest BCUT2D eigenvalue weighted by Crippen LogP contribution is -2.10. The zero-order chi connectivity index (χ0) is 18.2. The molecule has 26 heavy (non-hydrogen) atoms. The number of anilines is 3. The summed E-state index contributed by atoms with van der Waals surface area (Å²) in [6.45, 7) is 3.25. The number of methoxy groups -OCH3 is 1. The summed E-state index contributed by atoms with van der Waals surface area (Å²) in [5.41, 5.74) is 1.77. The van der Waals surface area contributed by atoms with E-state index in [1.54, 1.807) is 7.11 Å². The molecule has 2 aromatic carbocycles. The Morgan fingerprint density at radius 2 is 1.65 bits per heavy atom. The Kier molecular flexibility index (Phi) is 6.01. The molecule has 6 heteroatoms. The van der Waals surface area contributed by atoms with Crippen molar-refractivity contribution < 1.29 is 9.47 Å². The van der Waals surface area contributed by atoms with E-state index < -0.39 is 0 Å². The average Bonchev–Trinajstić information content (AvgIpc) is 2.64. The van der Waals surface area contributed by atoms with Gasteiger partial charge in [0.15, 0.2) is 0 Å². The van der Waals surface area contributed by atoms with Crippen molar-refractivity contribution in [3.8, 4) is 11.5 Å². The van der Waals surface area contributed by atoms with Crippen LogP contribution in [-0.4, -0.2) is 30.2 Å². The number of nitrogens with zero attached hydrogens (tertiary/aromatic N) is 2. The van der Waals surface area contributed by atoms with E-state index >= 15 is 0 Å². The molecule has 0 atom stereocenters. The number of hydrogen-bond donors (Lipinski definition) is 2. The van der Waals surface area contributed by atoms with Gasteiger partial charge in [0.05, 0.1) is 6.61 Å². The molecule has 0 aliphatic carbocycles. The molecule has 0 saturated heterocycles. The Balaban J connectivity index is 1.65. The molecule has 0 unspecified atom stereocenters. The lowest BCUT2D eigenvalue weighted by atomic mass is 10.3. The minimum atomic E-state index is 0.543. The quantitative estimate of drug-likeness (QED) is 0.588. The molecule has 2 N–H and O–H groups in total. The van der Waals surface area contributed by atoms with Gasteiger partial charge in [0.1, 0.15) is 17.3 Å². The van der Waals surface area contributed by atoms with E-state index in [0.717, 1.165) is 28.7 Å². The van der Waals surface area contributed by atoms with Crippen molar-refractivity contribution in [2.24, 2.45) is 0 Å². The maximum atomic E-state index is 5.80. The fourth-order valence-electron chi connectivity index (χ4n) is 2.36. The Morgan fingerprint density at radius 3 is 2.38 bits per heavy atom. The standard InChI is InChI=1S/C20H22N4O2/c1-15-14-19(21-12-13-25-2)24-20(22-15)23-16-8-10-18(11-9-16)26-17-6-4-3-5-7-17/h3-11,14H,12-13H2,1-2H3,(H2,21,22,23,24). The second-order valence-corrected chi connectivity index (χ2v) is 5.70. The summed E-state index contributed by atoms with van der Waals surface area (Å²) in [4.78, 5) is 8.89. The number of benzene rings is 2. The summed E-state index contributed by atoms with van der Waals surface area (Å²) in [5.74, 6) is 2.89. The second kappa shape index (κ2) is 8.82. The first kappa shape index (κ1) is 17.7. The van der Waals surface area contributed by atoms with Crippen molar-refractivity contribution in [3.05, 3.63) is 66.4 Å². The highest BCUT2D eigenvalue weighted by molar-refractivity contribution is 5.56. The third-order valence-corrected chi connectivity index (χ3v) is 3.56. The van der Waals surface area contributed by atoms with Gasteiger partial charge < -0.3 is 20.1 Å². The van der Waals surface area contributed by atoms with Gasteiger partial charge in [-0.1, -0.05) is 18.2 Å². The number of rotatable bonds is 8. The van der Waals surface area contributed by atoms with Crippen molar-refractivity contribution in [2.75, 3.05) is 30.9 Å². The van der Waals surface area contributed by atoms with Gasteiger partial charge in [-0.25, -0.2) is 4.98 Å². The molecule has 0 radical (unpaired) electrons. The third-order valence-electron chi connectivity index (χ3n) is 3.56. The summed E-state index contributed by atoms with van der Waals surface area (Å²) in [5, 5.41) is 6.43. The SMILES string of the molecule is COCCNc1cc(C)nc(Nc2ccc(Oc3ccccc3)cc2)n1. The topological polar surface area (TPSA) is 68.3 Å². The Hall–Kier alpha value is -3.12. The molecule has 0 bridgehead atoms. The van der Waals surface area contributed by atoms with Crippen LogP contribution in [0.4, 0.5) is 17.5 Å². The van der Waals surface area contributed by atoms with Gasteiger partial charge in [0, 0.05) is 31.1 Å². The fourth-order valence-corrected chi connectivity index (χ4v) is 2.36. The minimum Gasteiger partial charge on any atom is -0.457 e. The number of hydrogen-bond acceptors (Lipinski definition) is 6. The lowest BCUT2D eigenvalue weighted by Gasteiger charge is -2.10. The first-order valence-electron chi connectivity index (χ1n) is 8.41. The highest BCUT2D eigenvalue weighted by Crippen LogP contribution is 2.24. The molecule has 134 valence electrons. The lowest BCUT2D eigenvalue weighted by molar-refractivity contribution is 0.210. The molecule has 3 rings (SSSR count). The van der Waals surface area contributed by atoms with Crippen molar-refractivity contribution in [3.63, 3.8) is 0 Å². The largest absolute Gasteiger partial charge is 0.457 e. The summed E-state index contributed by atoms with van der Waals surface area (Å²) in [6, 6.07) is 19.3. The van der Waals surface area contributed by atoms with Crippen molar-refractivity contribution >= 4 is 17.5 Å². The second-order valence-electron chi connectivity index (χ2n) is 5.70. The van der Waals surface area contributed by atoms with E-state index in [1.165, 1.54) is 0 Å².